The molecule has 2 N–H and O–H groups in total. The van der Waals surface area contributed by atoms with Crippen LogP contribution >= 0.6 is 11.8 Å². The van der Waals surface area contributed by atoms with Gasteiger partial charge in [-0.3, -0.25) is 0 Å². The van der Waals surface area contributed by atoms with Gasteiger partial charge in [0.05, 0.1) is 0 Å². The number of aryl methyl sites for hydroxylation is 2. The molecular weight excluding hydrogens is 222 g/mol. The minimum atomic E-state index is 0.764. The second-order valence-electron chi connectivity index (χ2n) is 3.61. The van der Waals surface area contributed by atoms with Gasteiger partial charge < -0.3 is 5.73 Å². The molecule has 0 bridgehead atoms. The average molecular weight is 235 g/mol. The van der Waals surface area contributed by atoms with Crippen molar-refractivity contribution in [2.75, 3.05) is 5.73 Å². The van der Waals surface area contributed by atoms with Gasteiger partial charge in [0.15, 0.2) is 0 Å². The topological polar surface area (TPSA) is 64.9 Å². The van der Waals surface area contributed by atoms with Crippen molar-refractivity contribution in [3.8, 4) is 0 Å². The third-order valence-corrected chi connectivity index (χ3v) is 3.50. The molecule has 5 heteroatoms. The smallest absolute Gasteiger partial charge is 0.118 e. The molecule has 84 valence electrons. The molecular formula is C11H13N3OS. The van der Waals surface area contributed by atoms with Crippen LogP contribution in [0.3, 0.4) is 0 Å². The SMILES string of the molecule is Cc1cc(N)ccc1SCc1nonc1C. The average Bonchev–Trinajstić information content (AvgIpc) is 2.63. The van der Waals surface area contributed by atoms with Crippen molar-refractivity contribution >= 4 is 17.4 Å². The highest BCUT2D eigenvalue weighted by Gasteiger charge is 2.06. The van der Waals surface area contributed by atoms with Crippen molar-refractivity contribution < 1.29 is 4.63 Å². The minimum absolute atomic E-state index is 0.764. The summed E-state index contributed by atoms with van der Waals surface area (Å²) in [5.41, 5.74) is 9.41. The van der Waals surface area contributed by atoms with Gasteiger partial charge in [0, 0.05) is 16.3 Å². The number of rotatable bonds is 3. The molecule has 0 radical (unpaired) electrons. The van der Waals surface area contributed by atoms with Crippen molar-refractivity contribution in [1.29, 1.82) is 0 Å². The number of benzene rings is 1. The summed E-state index contributed by atoms with van der Waals surface area (Å²) >= 11 is 1.71. The molecule has 4 nitrogen and oxygen atoms in total. The van der Waals surface area contributed by atoms with E-state index in [1.807, 2.05) is 32.0 Å². The van der Waals surface area contributed by atoms with Crippen molar-refractivity contribution in [3.63, 3.8) is 0 Å². The number of nitrogens with zero attached hydrogens (tertiary/aromatic N) is 2. The molecule has 0 unspecified atom stereocenters. The molecule has 1 aromatic carbocycles. The zero-order chi connectivity index (χ0) is 11.5. The fourth-order valence-corrected chi connectivity index (χ4v) is 2.37. The van der Waals surface area contributed by atoms with E-state index in [9.17, 15) is 0 Å². The lowest BCUT2D eigenvalue weighted by Gasteiger charge is -2.04. The lowest BCUT2D eigenvalue weighted by molar-refractivity contribution is 0.302. The Labute approximate surface area is 98.2 Å². The van der Waals surface area contributed by atoms with E-state index in [1.54, 1.807) is 11.8 Å². The first kappa shape index (κ1) is 11.0. The Hall–Kier alpha value is -1.49. The predicted molar refractivity (Wildman–Crippen MR) is 64.2 cm³/mol. The van der Waals surface area contributed by atoms with Gasteiger partial charge in [-0.05, 0) is 37.6 Å². The first-order chi connectivity index (χ1) is 7.66. The summed E-state index contributed by atoms with van der Waals surface area (Å²) in [5, 5.41) is 7.59. The third kappa shape index (κ3) is 2.36. The van der Waals surface area contributed by atoms with E-state index >= 15 is 0 Å². The first-order valence-corrected chi connectivity index (χ1v) is 5.92. The van der Waals surface area contributed by atoms with Gasteiger partial charge in [-0.2, -0.15) is 0 Å². The van der Waals surface area contributed by atoms with Crippen LogP contribution in [0.2, 0.25) is 0 Å². The molecule has 16 heavy (non-hydrogen) atoms. The summed E-state index contributed by atoms with van der Waals surface area (Å²) in [6.07, 6.45) is 0. The summed E-state index contributed by atoms with van der Waals surface area (Å²) < 4.78 is 4.65. The van der Waals surface area contributed by atoms with Crippen LogP contribution in [0.15, 0.2) is 27.7 Å². The molecule has 0 fully saturated rings. The molecule has 1 aromatic heterocycles. The first-order valence-electron chi connectivity index (χ1n) is 4.94. The molecule has 1 heterocycles. The van der Waals surface area contributed by atoms with Crippen molar-refractivity contribution in [1.82, 2.24) is 10.3 Å². The highest BCUT2D eigenvalue weighted by atomic mass is 32.2. The number of hydrogen-bond donors (Lipinski definition) is 1. The third-order valence-electron chi connectivity index (χ3n) is 2.31. The number of hydrogen-bond acceptors (Lipinski definition) is 5. The van der Waals surface area contributed by atoms with Gasteiger partial charge in [0.1, 0.15) is 11.4 Å². The number of anilines is 1. The van der Waals surface area contributed by atoms with E-state index in [4.69, 9.17) is 5.73 Å². The molecule has 0 aliphatic carbocycles. The number of aromatic nitrogens is 2. The molecule has 0 saturated carbocycles. The maximum Gasteiger partial charge on any atom is 0.118 e. The zero-order valence-corrected chi connectivity index (χ0v) is 10.0. The monoisotopic (exact) mass is 235 g/mol. The van der Waals surface area contributed by atoms with Crippen LogP contribution in [0, 0.1) is 13.8 Å². The number of nitrogen functional groups attached to an aromatic ring is 1. The Morgan fingerprint density at radius 2 is 2.12 bits per heavy atom. The Morgan fingerprint density at radius 3 is 2.75 bits per heavy atom. The highest BCUT2D eigenvalue weighted by molar-refractivity contribution is 7.98. The molecule has 0 saturated heterocycles. The second kappa shape index (κ2) is 4.57. The fourth-order valence-electron chi connectivity index (χ4n) is 1.36. The molecule has 2 aromatic rings. The second-order valence-corrected chi connectivity index (χ2v) is 4.63. The molecule has 0 atom stereocenters. The zero-order valence-electron chi connectivity index (χ0n) is 9.23. The fraction of sp³-hybridized carbons (Fsp3) is 0.273. The largest absolute Gasteiger partial charge is 0.399 e. The summed E-state index contributed by atoms with van der Waals surface area (Å²) in [5.74, 6) is 0.764. The molecule has 0 spiro atoms. The summed E-state index contributed by atoms with van der Waals surface area (Å²) in [6, 6.07) is 5.90. The Morgan fingerprint density at radius 1 is 1.31 bits per heavy atom. The lowest BCUT2D eigenvalue weighted by Crippen LogP contribution is -1.89. The van der Waals surface area contributed by atoms with E-state index in [1.165, 1.54) is 10.5 Å². The molecule has 2 rings (SSSR count). The maximum atomic E-state index is 5.70. The summed E-state index contributed by atoms with van der Waals surface area (Å²) in [4.78, 5) is 1.21. The molecule has 0 aliphatic rings. The predicted octanol–water partition coefficient (Wildman–Crippen LogP) is 2.56. The van der Waals surface area contributed by atoms with Crippen LogP contribution in [-0.2, 0) is 5.75 Å². The van der Waals surface area contributed by atoms with Gasteiger partial charge in [0.2, 0.25) is 0 Å². The van der Waals surface area contributed by atoms with E-state index in [0.29, 0.717) is 0 Å². The Balaban J connectivity index is 2.08. The highest BCUT2D eigenvalue weighted by Crippen LogP contribution is 2.27. The van der Waals surface area contributed by atoms with Gasteiger partial charge in [-0.25, -0.2) is 4.63 Å². The number of nitrogens with two attached hydrogens (primary N) is 1. The molecule has 0 amide bonds. The van der Waals surface area contributed by atoms with Gasteiger partial charge in [-0.1, -0.05) is 10.3 Å². The van der Waals surface area contributed by atoms with E-state index in [0.717, 1.165) is 22.8 Å². The van der Waals surface area contributed by atoms with Gasteiger partial charge in [0.25, 0.3) is 0 Å². The summed E-state index contributed by atoms with van der Waals surface area (Å²) in [7, 11) is 0. The van der Waals surface area contributed by atoms with Crippen LogP contribution in [-0.4, -0.2) is 10.3 Å². The van der Waals surface area contributed by atoms with E-state index < -0.39 is 0 Å². The van der Waals surface area contributed by atoms with Crippen molar-refractivity contribution in [2.24, 2.45) is 0 Å². The van der Waals surface area contributed by atoms with E-state index in [-0.39, 0.29) is 0 Å². The minimum Gasteiger partial charge on any atom is -0.399 e. The van der Waals surface area contributed by atoms with Crippen LogP contribution in [0.5, 0.6) is 0 Å². The Kier molecular flexibility index (Phi) is 3.14. The van der Waals surface area contributed by atoms with Crippen LogP contribution in [0.25, 0.3) is 0 Å². The quantitative estimate of drug-likeness (QED) is 0.654. The van der Waals surface area contributed by atoms with Crippen molar-refractivity contribution in [3.05, 3.63) is 35.2 Å². The van der Waals surface area contributed by atoms with Crippen LogP contribution in [0.1, 0.15) is 17.0 Å². The maximum absolute atomic E-state index is 5.70. The standard InChI is InChI=1S/C11H13N3OS/c1-7-5-9(12)3-4-11(7)16-6-10-8(2)13-15-14-10/h3-5H,6,12H2,1-2H3. The van der Waals surface area contributed by atoms with Crippen LogP contribution in [0.4, 0.5) is 5.69 Å². The van der Waals surface area contributed by atoms with Crippen LogP contribution < -0.4 is 5.73 Å². The summed E-state index contributed by atoms with van der Waals surface area (Å²) in [6.45, 7) is 3.94. The molecule has 0 aliphatic heterocycles. The Bertz CT molecular complexity index is 496. The number of thioether (sulfide) groups is 1. The van der Waals surface area contributed by atoms with Gasteiger partial charge in [-0.15, -0.1) is 11.8 Å². The van der Waals surface area contributed by atoms with E-state index in [2.05, 4.69) is 14.9 Å². The normalized spacial score (nSPS) is 10.6. The van der Waals surface area contributed by atoms with Gasteiger partial charge >= 0.3 is 0 Å². The van der Waals surface area contributed by atoms with Crippen molar-refractivity contribution in [2.45, 2.75) is 24.5 Å². The lowest BCUT2D eigenvalue weighted by atomic mass is 10.2.